The molecule has 1 N–H and O–H groups in total. The Morgan fingerprint density at radius 1 is 1.03 bits per heavy atom. The van der Waals surface area contributed by atoms with E-state index in [1.807, 2.05) is 18.2 Å². The molecule has 0 bridgehead atoms. The first-order chi connectivity index (χ1) is 15.6. The minimum absolute atomic E-state index is 0.0387. The SMILES string of the molecule is O=C(CN(Cc1ccco1)C(=O)Cc1csc(-c2ccc(F)cc2)n1)Nc1ccccc1. The Bertz CT molecular complexity index is 1170. The summed E-state index contributed by atoms with van der Waals surface area (Å²) in [6.45, 7) is 0.0480. The van der Waals surface area contributed by atoms with E-state index in [-0.39, 0.29) is 37.1 Å². The van der Waals surface area contributed by atoms with Crippen LogP contribution in [0.5, 0.6) is 0 Å². The standard InChI is InChI=1S/C24H20FN3O3S/c25-18-10-8-17(9-11-18)24-27-20(16-32-24)13-23(30)28(14-21-7-4-12-31-21)15-22(29)26-19-5-2-1-3-6-19/h1-12,16H,13-15H2,(H,26,29). The Labute approximate surface area is 188 Å². The number of aromatic nitrogens is 1. The fraction of sp³-hybridized carbons (Fsp3) is 0.125. The van der Waals surface area contributed by atoms with Gasteiger partial charge in [0.25, 0.3) is 0 Å². The van der Waals surface area contributed by atoms with E-state index >= 15 is 0 Å². The molecule has 0 saturated carbocycles. The Hall–Kier alpha value is -3.78. The van der Waals surface area contributed by atoms with Crippen LogP contribution in [0.4, 0.5) is 10.1 Å². The van der Waals surface area contributed by atoms with E-state index in [9.17, 15) is 14.0 Å². The van der Waals surface area contributed by atoms with Crippen LogP contribution in [0.2, 0.25) is 0 Å². The molecule has 8 heteroatoms. The molecule has 0 radical (unpaired) electrons. The summed E-state index contributed by atoms with van der Waals surface area (Å²) in [7, 11) is 0. The number of para-hydroxylation sites is 1. The van der Waals surface area contributed by atoms with Crippen molar-refractivity contribution in [3.8, 4) is 10.6 Å². The number of hydrogen-bond donors (Lipinski definition) is 1. The summed E-state index contributed by atoms with van der Waals surface area (Å²) in [6.07, 6.45) is 1.56. The number of anilines is 1. The van der Waals surface area contributed by atoms with Crippen molar-refractivity contribution >= 4 is 28.8 Å². The van der Waals surface area contributed by atoms with E-state index in [2.05, 4.69) is 10.3 Å². The second-order valence-electron chi connectivity index (χ2n) is 7.07. The van der Waals surface area contributed by atoms with Crippen LogP contribution in [-0.4, -0.2) is 28.2 Å². The van der Waals surface area contributed by atoms with Crippen molar-refractivity contribution in [3.63, 3.8) is 0 Å². The highest BCUT2D eigenvalue weighted by molar-refractivity contribution is 7.13. The van der Waals surface area contributed by atoms with Crippen LogP contribution in [-0.2, 0) is 22.6 Å². The molecule has 4 rings (SSSR count). The van der Waals surface area contributed by atoms with Gasteiger partial charge in [0.15, 0.2) is 0 Å². The average molecular weight is 450 g/mol. The largest absolute Gasteiger partial charge is 0.467 e. The smallest absolute Gasteiger partial charge is 0.244 e. The van der Waals surface area contributed by atoms with Crippen LogP contribution in [0.1, 0.15) is 11.5 Å². The molecule has 0 unspecified atom stereocenters. The lowest BCUT2D eigenvalue weighted by Gasteiger charge is -2.21. The molecule has 0 aliphatic heterocycles. The molecule has 0 aliphatic carbocycles. The minimum atomic E-state index is -0.317. The van der Waals surface area contributed by atoms with E-state index < -0.39 is 0 Å². The molecule has 2 amide bonds. The van der Waals surface area contributed by atoms with Crippen LogP contribution in [0, 0.1) is 5.82 Å². The summed E-state index contributed by atoms with van der Waals surface area (Å²) in [6, 6.07) is 18.6. The third-order valence-electron chi connectivity index (χ3n) is 4.65. The molecule has 0 saturated heterocycles. The van der Waals surface area contributed by atoms with Crippen molar-refractivity contribution in [1.82, 2.24) is 9.88 Å². The zero-order valence-electron chi connectivity index (χ0n) is 17.0. The predicted molar refractivity (Wildman–Crippen MR) is 120 cm³/mol. The maximum atomic E-state index is 13.2. The Balaban J connectivity index is 1.45. The lowest BCUT2D eigenvalue weighted by molar-refractivity contribution is -0.135. The first-order valence-corrected chi connectivity index (χ1v) is 10.8. The fourth-order valence-electron chi connectivity index (χ4n) is 3.10. The Morgan fingerprint density at radius 2 is 1.81 bits per heavy atom. The molecule has 6 nitrogen and oxygen atoms in total. The molecule has 0 aliphatic rings. The van der Waals surface area contributed by atoms with Crippen molar-refractivity contribution < 1.29 is 18.4 Å². The number of benzene rings is 2. The maximum Gasteiger partial charge on any atom is 0.244 e. The highest BCUT2D eigenvalue weighted by Crippen LogP contribution is 2.24. The highest BCUT2D eigenvalue weighted by atomic mass is 32.1. The summed E-state index contributed by atoms with van der Waals surface area (Å²) in [5.41, 5.74) is 2.03. The van der Waals surface area contributed by atoms with Gasteiger partial charge < -0.3 is 14.6 Å². The monoisotopic (exact) mass is 449 g/mol. The summed E-state index contributed by atoms with van der Waals surface area (Å²) in [5, 5.41) is 5.29. The normalized spacial score (nSPS) is 10.7. The number of rotatable bonds is 8. The van der Waals surface area contributed by atoms with Gasteiger partial charge in [0, 0.05) is 16.6 Å². The number of thiazole rings is 1. The third-order valence-corrected chi connectivity index (χ3v) is 5.59. The van der Waals surface area contributed by atoms with Gasteiger partial charge in [-0.15, -0.1) is 11.3 Å². The summed E-state index contributed by atoms with van der Waals surface area (Å²) in [4.78, 5) is 31.5. The minimum Gasteiger partial charge on any atom is -0.467 e. The molecule has 4 aromatic rings. The zero-order chi connectivity index (χ0) is 22.3. The summed E-state index contributed by atoms with van der Waals surface area (Å²) >= 11 is 1.38. The quantitative estimate of drug-likeness (QED) is 0.421. The number of halogens is 1. The zero-order valence-corrected chi connectivity index (χ0v) is 17.8. The van der Waals surface area contributed by atoms with Crippen molar-refractivity contribution in [2.75, 3.05) is 11.9 Å². The third kappa shape index (κ3) is 5.67. The average Bonchev–Trinajstić information content (AvgIpc) is 3.47. The van der Waals surface area contributed by atoms with Gasteiger partial charge in [0.2, 0.25) is 11.8 Å². The molecule has 2 aromatic carbocycles. The van der Waals surface area contributed by atoms with Crippen molar-refractivity contribution in [3.05, 3.63) is 95.6 Å². The Morgan fingerprint density at radius 3 is 2.53 bits per heavy atom. The molecular weight excluding hydrogens is 429 g/mol. The second kappa shape index (κ2) is 10.0. The number of furan rings is 1. The molecule has 2 heterocycles. The van der Waals surface area contributed by atoms with Gasteiger partial charge in [-0.05, 0) is 48.5 Å². The van der Waals surface area contributed by atoms with Gasteiger partial charge in [-0.3, -0.25) is 9.59 Å². The van der Waals surface area contributed by atoms with E-state index in [4.69, 9.17) is 4.42 Å². The van der Waals surface area contributed by atoms with E-state index in [1.165, 1.54) is 34.6 Å². The predicted octanol–water partition coefficient (Wildman–Crippen LogP) is 4.75. The lowest BCUT2D eigenvalue weighted by atomic mass is 10.2. The topological polar surface area (TPSA) is 75.4 Å². The summed E-state index contributed by atoms with van der Waals surface area (Å²) in [5.74, 6) is -0.291. The number of carbonyl (C=O) groups is 2. The second-order valence-corrected chi connectivity index (χ2v) is 7.93. The van der Waals surface area contributed by atoms with Crippen LogP contribution < -0.4 is 5.32 Å². The van der Waals surface area contributed by atoms with Gasteiger partial charge in [0.1, 0.15) is 23.1 Å². The molecule has 2 aromatic heterocycles. The van der Waals surface area contributed by atoms with Crippen molar-refractivity contribution in [2.24, 2.45) is 0 Å². The molecule has 0 fully saturated rings. The van der Waals surface area contributed by atoms with E-state index in [1.54, 1.807) is 41.8 Å². The van der Waals surface area contributed by atoms with Gasteiger partial charge >= 0.3 is 0 Å². The number of amides is 2. The maximum absolute atomic E-state index is 13.2. The lowest BCUT2D eigenvalue weighted by Crippen LogP contribution is -2.38. The molecule has 0 atom stereocenters. The molecule has 162 valence electrons. The van der Waals surface area contributed by atoms with E-state index in [0.717, 1.165) is 5.56 Å². The molecular formula is C24H20FN3O3S. The van der Waals surface area contributed by atoms with Gasteiger partial charge in [-0.25, -0.2) is 9.37 Å². The first-order valence-electron chi connectivity index (χ1n) is 9.92. The Kier molecular flexibility index (Phi) is 6.72. The molecule has 32 heavy (non-hydrogen) atoms. The van der Waals surface area contributed by atoms with Gasteiger partial charge in [0.05, 0.1) is 24.9 Å². The summed E-state index contributed by atoms with van der Waals surface area (Å²) < 4.78 is 18.5. The van der Waals surface area contributed by atoms with Gasteiger partial charge in [-0.1, -0.05) is 18.2 Å². The number of carbonyl (C=O) groups excluding carboxylic acids is 2. The van der Waals surface area contributed by atoms with Crippen LogP contribution >= 0.6 is 11.3 Å². The van der Waals surface area contributed by atoms with Crippen LogP contribution in [0.3, 0.4) is 0 Å². The number of nitrogens with zero attached hydrogens (tertiary/aromatic N) is 2. The highest BCUT2D eigenvalue weighted by Gasteiger charge is 2.20. The molecule has 0 spiro atoms. The van der Waals surface area contributed by atoms with Crippen LogP contribution in [0.25, 0.3) is 10.6 Å². The van der Waals surface area contributed by atoms with Crippen LogP contribution in [0.15, 0.2) is 82.8 Å². The van der Waals surface area contributed by atoms with E-state index in [0.29, 0.717) is 22.1 Å². The first kappa shape index (κ1) is 21.5. The van der Waals surface area contributed by atoms with Crippen molar-refractivity contribution in [1.29, 1.82) is 0 Å². The fourth-order valence-corrected chi connectivity index (χ4v) is 3.92. The van der Waals surface area contributed by atoms with Crippen molar-refractivity contribution in [2.45, 2.75) is 13.0 Å². The van der Waals surface area contributed by atoms with Gasteiger partial charge in [-0.2, -0.15) is 0 Å². The number of nitrogens with one attached hydrogen (secondary N) is 1. The number of hydrogen-bond acceptors (Lipinski definition) is 5.